The van der Waals surface area contributed by atoms with Crippen LogP contribution in [-0.2, 0) is 20.8 Å². The zero-order valence-electron chi connectivity index (χ0n) is 19.1. The minimum absolute atomic E-state index is 0.0230. The van der Waals surface area contributed by atoms with E-state index in [2.05, 4.69) is 22.3 Å². The molecule has 2 rings (SSSR count). The first-order valence-electron chi connectivity index (χ1n) is 10.9. The van der Waals surface area contributed by atoms with Crippen LogP contribution in [0.5, 0.6) is 0 Å². The number of rotatable bonds is 11. The Bertz CT molecular complexity index is 716. The standard InChI is InChI=1S/C23H35N3O5/c1-18(24-21(28)31-23(2,3)4)12-15-25(16-19-10-6-5-7-11-19)13-8-9-14-26-20(27)17-30-22(26)29/h5-7,10-11,18H,8-9,12-17H2,1-4H3,(H,24,28)/t18-/m1/s1. The number of cyclic esters (lactones) is 1. The lowest BCUT2D eigenvalue weighted by atomic mass is 10.1. The number of hydrogen-bond acceptors (Lipinski definition) is 6. The number of carbonyl (C=O) groups is 3. The van der Waals surface area contributed by atoms with Gasteiger partial charge in [-0.3, -0.25) is 9.69 Å². The molecule has 0 aliphatic carbocycles. The summed E-state index contributed by atoms with van der Waals surface area (Å²) < 4.78 is 10.1. The third-order valence-corrected chi connectivity index (χ3v) is 4.84. The maximum Gasteiger partial charge on any atom is 0.417 e. The minimum Gasteiger partial charge on any atom is -0.444 e. The van der Waals surface area contributed by atoms with E-state index in [4.69, 9.17) is 9.47 Å². The van der Waals surface area contributed by atoms with Gasteiger partial charge < -0.3 is 14.8 Å². The molecule has 1 aromatic carbocycles. The Morgan fingerprint density at radius 2 is 1.90 bits per heavy atom. The summed E-state index contributed by atoms with van der Waals surface area (Å²) in [5.74, 6) is -0.270. The van der Waals surface area contributed by atoms with Gasteiger partial charge in [0.2, 0.25) is 0 Å². The third kappa shape index (κ3) is 9.38. The van der Waals surface area contributed by atoms with Crippen LogP contribution in [0.3, 0.4) is 0 Å². The molecule has 0 unspecified atom stereocenters. The molecule has 0 spiro atoms. The first kappa shape index (κ1) is 24.7. The number of benzene rings is 1. The molecule has 1 aromatic rings. The molecule has 0 radical (unpaired) electrons. The molecule has 1 fully saturated rings. The minimum atomic E-state index is -0.548. The van der Waals surface area contributed by atoms with E-state index < -0.39 is 17.8 Å². The maximum absolute atomic E-state index is 12.0. The van der Waals surface area contributed by atoms with Gasteiger partial charge in [-0.15, -0.1) is 0 Å². The molecule has 0 aromatic heterocycles. The molecule has 8 heteroatoms. The van der Waals surface area contributed by atoms with Gasteiger partial charge >= 0.3 is 12.2 Å². The zero-order chi connectivity index (χ0) is 22.9. The van der Waals surface area contributed by atoms with Crippen LogP contribution in [-0.4, -0.2) is 65.8 Å². The largest absolute Gasteiger partial charge is 0.444 e. The fourth-order valence-electron chi connectivity index (χ4n) is 3.27. The summed E-state index contributed by atoms with van der Waals surface area (Å²) in [6.45, 7) is 10.1. The van der Waals surface area contributed by atoms with Gasteiger partial charge in [0.05, 0.1) is 0 Å². The number of imide groups is 1. The van der Waals surface area contributed by atoms with E-state index in [1.807, 2.05) is 45.9 Å². The molecule has 172 valence electrons. The van der Waals surface area contributed by atoms with Crippen LogP contribution >= 0.6 is 0 Å². The van der Waals surface area contributed by atoms with Crippen molar-refractivity contribution in [3.8, 4) is 0 Å². The van der Waals surface area contributed by atoms with Crippen LogP contribution in [0.2, 0.25) is 0 Å². The monoisotopic (exact) mass is 433 g/mol. The molecule has 1 atom stereocenters. The number of carbonyl (C=O) groups excluding carboxylic acids is 3. The van der Waals surface area contributed by atoms with Crippen molar-refractivity contribution in [3.05, 3.63) is 35.9 Å². The van der Waals surface area contributed by atoms with Gasteiger partial charge in [-0.25, -0.2) is 14.5 Å². The average molecular weight is 434 g/mol. The van der Waals surface area contributed by atoms with E-state index in [-0.39, 0.29) is 18.6 Å². The highest BCUT2D eigenvalue weighted by molar-refractivity contribution is 5.97. The van der Waals surface area contributed by atoms with Crippen LogP contribution in [0.25, 0.3) is 0 Å². The molecule has 1 aliphatic rings. The second kappa shape index (κ2) is 11.7. The Hall–Kier alpha value is -2.61. The SMILES string of the molecule is C[C@H](CCN(CCCCN1C(=O)COC1=O)Cc1ccccc1)NC(=O)OC(C)(C)C. The van der Waals surface area contributed by atoms with Crippen molar-refractivity contribution in [2.75, 3.05) is 26.2 Å². The van der Waals surface area contributed by atoms with Crippen LogP contribution in [0, 0.1) is 0 Å². The number of nitrogens with one attached hydrogen (secondary N) is 1. The molecule has 1 saturated heterocycles. The Labute approximate surface area is 184 Å². The Balaban J connectivity index is 1.81. The molecule has 1 heterocycles. The van der Waals surface area contributed by atoms with E-state index in [1.165, 1.54) is 10.5 Å². The van der Waals surface area contributed by atoms with Gasteiger partial charge in [-0.05, 0) is 59.1 Å². The Morgan fingerprint density at radius 1 is 1.19 bits per heavy atom. The molecular formula is C23H35N3O5. The summed E-state index contributed by atoms with van der Waals surface area (Å²) in [6.07, 6.45) is 1.39. The summed E-state index contributed by atoms with van der Waals surface area (Å²) in [5, 5.41) is 2.89. The number of hydrogen-bond donors (Lipinski definition) is 1. The van der Waals surface area contributed by atoms with Gasteiger partial charge in [0.25, 0.3) is 5.91 Å². The van der Waals surface area contributed by atoms with Crippen LogP contribution in [0.15, 0.2) is 30.3 Å². The predicted molar refractivity (Wildman–Crippen MR) is 117 cm³/mol. The van der Waals surface area contributed by atoms with Gasteiger partial charge in [-0.1, -0.05) is 30.3 Å². The lowest BCUT2D eigenvalue weighted by Gasteiger charge is -2.26. The number of nitrogens with zero attached hydrogens (tertiary/aromatic N) is 2. The second-order valence-corrected chi connectivity index (χ2v) is 8.90. The van der Waals surface area contributed by atoms with Crippen molar-refractivity contribution in [1.29, 1.82) is 0 Å². The Kier molecular flexibility index (Phi) is 9.30. The van der Waals surface area contributed by atoms with E-state index in [0.717, 1.165) is 38.9 Å². The molecule has 8 nitrogen and oxygen atoms in total. The number of unbranched alkanes of at least 4 members (excludes halogenated alkanes) is 1. The van der Waals surface area contributed by atoms with Crippen molar-refractivity contribution < 1.29 is 23.9 Å². The van der Waals surface area contributed by atoms with E-state index >= 15 is 0 Å². The molecular weight excluding hydrogens is 398 g/mol. The molecule has 1 N–H and O–H groups in total. The highest BCUT2D eigenvalue weighted by Gasteiger charge is 2.30. The normalized spacial score (nSPS) is 15.2. The van der Waals surface area contributed by atoms with Gasteiger partial charge in [-0.2, -0.15) is 0 Å². The van der Waals surface area contributed by atoms with Crippen molar-refractivity contribution in [2.24, 2.45) is 0 Å². The van der Waals surface area contributed by atoms with Gasteiger partial charge in [0.15, 0.2) is 6.61 Å². The lowest BCUT2D eigenvalue weighted by molar-refractivity contribution is -0.125. The molecule has 0 saturated carbocycles. The van der Waals surface area contributed by atoms with Crippen molar-refractivity contribution in [1.82, 2.24) is 15.1 Å². The number of ether oxygens (including phenoxy) is 2. The molecule has 3 amide bonds. The van der Waals surface area contributed by atoms with Crippen LogP contribution in [0.4, 0.5) is 9.59 Å². The van der Waals surface area contributed by atoms with E-state index in [0.29, 0.717) is 6.54 Å². The van der Waals surface area contributed by atoms with Gasteiger partial charge in [0.1, 0.15) is 5.60 Å². The van der Waals surface area contributed by atoms with E-state index in [9.17, 15) is 14.4 Å². The Morgan fingerprint density at radius 3 is 2.52 bits per heavy atom. The predicted octanol–water partition coefficient (Wildman–Crippen LogP) is 3.55. The first-order valence-corrected chi connectivity index (χ1v) is 10.9. The summed E-state index contributed by atoms with van der Waals surface area (Å²) in [6, 6.07) is 10.2. The molecule has 0 bridgehead atoms. The summed E-state index contributed by atoms with van der Waals surface area (Å²) in [4.78, 5) is 38.6. The molecule has 31 heavy (non-hydrogen) atoms. The van der Waals surface area contributed by atoms with Gasteiger partial charge in [0, 0.05) is 25.7 Å². The fraction of sp³-hybridized carbons (Fsp3) is 0.609. The number of amides is 3. The van der Waals surface area contributed by atoms with Crippen LogP contribution < -0.4 is 5.32 Å². The van der Waals surface area contributed by atoms with Crippen LogP contribution in [0.1, 0.15) is 52.5 Å². The summed E-state index contributed by atoms with van der Waals surface area (Å²) in [7, 11) is 0. The summed E-state index contributed by atoms with van der Waals surface area (Å²) >= 11 is 0. The topological polar surface area (TPSA) is 88.2 Å². The summed E-state index contributed by atoms with van der Waals surface area (Å²) in [5.41, 5.74) is 0.695. The van der Waals surface area contributed by atoms with Crippen molar-refractivity contribution >= 4 is 18.1 Å². The third-order valence-electron chi connectivity index (χ3n) is 4.84. The molecule has 1 aliphatic heterocycles. The maximum atomic E-state index is 12.0. The van der Waals surface area contributed by atoms with E-state index in [1.54, 1.807) is 0 Å². The lowest BCUT2D eigenvalue weighted by Crippen LogP contribution is -2.39. The van der Waals surface area contributed by atoms with Crippen molar-refractivity contribution in [2.45, 2.75) is 65.1 Å². The average Bonchev–Trinajstić information content (AvgIpc) is 3.00. The quantitative estimate of drug-likeness (QED) is 0.537. The zero-order valence-corrected chi connectivity index (χ0v) is 19.1. The van der Waals surface area contributed by atoms with Crippen molar-refractivity contribution in [3.63, 3.8) is 0 Å². The highest BCUT2D eigenvalue weighted by atomic mass is 16.6. The second-order valence-electron chi connectivity index (χ2n) is 8.90. The smallest absolute Gasteiger partial charge is 0.417 e. The fourth-order valence-corrected chi connectivity index (χ4v) is 3.27. The number of alkyl carbamates (subject to hydrolysis) is 1. The highest BCUT2D eigenvalue weighted by Crippen LogP contribution is 2.11. The first-order chi connectivity index (χ1) is 14.6.